The minimum atomic E-state index is 0.400. The largest absolute Gasteiger partial charge is 0.438 e. The average Bonchev–Trinajstić information content (AvgIpc) is 2.41. The Morgan fingerprint density at radius 3 is 2.55 bits per heavy atom. The van der Waals surface area contributed by atoms with Gasteiger partial charge in [-0.25, -0.2) is 9.97 Å². The minimum absolute atomic E-state index is 0.400. The van der Waals surface area contributed by atoms with E-state index in [0.717, 1.165) is 17.1 Å². The van der Waals surface area contributed by atoms with Crippen molar-refractivity contribution < 1.29 is 4.74 Å². The lowest BCUT2D eigenvalue weighted by Crippen LogP contribution is -2.01. The normalized spacial score (nSPS) is 10.7. The third-order valence-electron chi connectivity index (χ3n) is 3.27. The predicted octanol–water partition coefficient (Wildman–Crippen LogP) is 4.05. The van der Waals surface area contributed by atoms with Crippen LogP contribution in [0.1, 0.15) is 36.5 Å². The van der Waals surface area contributed by atoms with E-state index in [1.165, 1.54) is 17.5 Å². The Labute approximate surface area is 120 Å². The van der Waals surface area contributed by atoms with Crippen molar-refractivity contribution in [2.24, 2.45) is 0 Å². The molecule has 20 heavy (non-hydrogen) atoms. The van der Waals surface area contributed by atoms with Crippen molar-refractivity contribution in [3.63, 3.8) is 0 Å². The molecule has 106 valence electrons. The average molecular weight is 271 g/mol. The van der Waals surface area contributed by atoms with Crippen LogP contribution in [0, 0.1) is 13.8 Å². The van der Waals surface area contributed by atoms with E-state index >= 15 is 0 Å². The van der Waals surface area contributed by atoms with Crippen molar-refractivity contribution in [1.29, 1.82) is 0 Å². The number of rotatable bonds is 4. The van der Waals surface area contributed by atoms with E-state index in [2.05, 4.69) is 54.3 Å². The van der Waals surface area contributed by atoms with Crippen LogP contribution in [0.25, 0.3) is 0 Å². The Morgan fingerprint density at radius 2 is 1.90 bits per heavy atom. The van der Waals surface area contributed by atoms with Crippen LogP contribution in [0.4, 0.5) is 5.82 Å². The van der Waals surface area contributed by atoms with Crippen molar-refractivity contribution in [3.05, 3.63) is 41.2 Å². The zero-order chi connectivity index (χ0) is 14.7. The summed E-state index contributed by atoms with van der Waals surface area (Å²) in [7, 11) is 1.84. The number of hydrogen-bond acceptors (Lipinski definition) is 4. The van der Waals surface area contributed by atoms with Gasteiger partial charge in [0, 0.05) is 7.05 Å². The Morgan fingerprint density at radius 1 is 1.15 bits per heavy atom. The quantitative estimate of drug-likeness (QED) is 0.911. The monoisotopic (exact) mass is 271 g/mol. The van der Waals surface area contributed by atoms with Crippen molar-refractivity contribution in [2.45, 2.75) is 33.6 Å². The topological polar surface area (TPSA) is 47.0 Å². The molecular formula is C16H21N3O. The molecule has 0 amide bonds. The Kier molecular flexibility index (Phi) is 4.23. The van der Waals surface area contributed by atoms with Crippen LogP contribution in [-0.2, 0) is 0 Å². The maximum Gasteiger partial charge on any atom is 0.227 e. The zero-order valence-electron chi connectivity index (χ0n) is 12.7. The zero-order valence-corrected chi connectivity index (χ0v) is 12.7. The summed E-state index contributed by atoms with van der Waals surface area (Å²) in [5.74, 6) is 2.64. The molecule has 0 spiro atoms. The summed E-state index contributed by atoms with van der Waals surface area (Å²) in [5, 5.41) is 3.04. The number of ether oxygens (including phenoxy) is 1. The molecule has 0 aliphatic carbocycles. The highest BCUT2D eigenvalue weighted by atomic mass is 16.5. The van der Waals surface area contributed by atoms with Crippen LogP contribution in [-0.4, -0.2) is 17.0 Å². The highest BCUT2D eigenvalue weighted by molar-refractivity contribution is 5.49. The fourth-order valence-electron chi connectivity index (χ4n) is 2.10. The molecule has 4 heteroatoms. The SMILES string of the molecule is CNc1ncnc(Oc2cc(C)ccc2C(C)C)c1C. The van der Waals surface area contributed by atoms with E-state index in [0.29, 0.717) is 11.8 Å². The van der Waals surface area contributed by atoms with Gasteiger partial charge in [-0.05, 0) is 37.0 Å². The number of benzene rings is 1. The van der Waals surface area contributed by atoms with Gasteiger partial charge in [-0.1, -0.05) is 26.0 Å². The second-order valence-corrected chi connectivity index (χ2v) is 5.20. The van der Waals surface area contributed by atoms with Gasteiger partial charge in [0.05, 0.1) is 5.56 Å². The maximum absolute atomic E-state index is 6.03. The van der Waals surface area contributed by atoms with Crippen molar-refractivity contribution in [2.75, 3.05) is 12.4 Å². The second kappa shape index (κ2) is 5.90. The molecule has 1 aromatic carbocycles. The van der Waals surface area contributed by atoms with Crippen LogP contribution in [0.5, 0.6) is 11.6 Å². The summed E-state index contributed by atoms with van der Waals surface area (Å²) in [4.78, 5) is 8.41. The van der Waals surface area contributed by atoms with Crippen LogP contribution < -0.4 is 10.1 Å². The molecule has 1 aromatic heterocycles. The first-order valence-electron chi connectivity index (χ1n) is 6.80. The highest BCUT2D eigenvalue weighted by Crippen LogP contribution is 2.32. The van der Waals surface area contributed by atoms with Crippen LogP contribution in [0.3, 0.4) is 0 Å². The smallest absolute Gasteiger partial charge is 0.227 e. The van der Waals surface area contributed by atoms with Gasteiger partial charge in [0.1, 0.15) is 17.9 Å². The Balaban J connectivity index is 2.42. The molecule has 4 nitrogen and oxygen atoms in total. The molecule has 0 radical (unpaired) electrons. The number of aromatic nitrogens is 2. The first-order chi connectivity index (χ1) is 9.52. The molecule has 1 N–H and O–H groups in total. The molecule has 0 aliphatic heterocycles. The summed E-state index contributed by atoms with van der Waals surface area (Å²) >= 11 is 0. The molecule has 0 atom stereocenters. The minimum Gasteiger partial charge on any atom is -0.438 e. The first-order valence-corrected chi connectivity index (χ1v) is 6.80. The fourth-order valence-corrected chi connectivity index (χ4v) is 2.10. The molecule has 1 heterocycles. The van der Waals surface area contributed by atoms with Gasteiger partial charge >= 0.3 is 0 Å². The molecular weight excluding hydrogens is 250 g/mol. The van der Waals surface area contributed by atoms with Gasteiger partial charge in [0.2, 0.25) is 5.88 Å². The standard InChI is InChI=1S/C16H21N3O/c1-10(2)13-7-6-11(3)8-14(13)20-16-12(4)15(17-5)18-9-19-16/h6-10H,1-5H3,(H,17,18,19). The summed E-state index contributed by atoms with van der Waals surface area (Å²) in [6.45, 7) is 8.32. The van der Waals surface area contributed by atoms with Crippen molar-refractivity contribution in [3.8, 4) is 11.6 Å². The van der Waals surface area contributed by atoms with E-state index in [9.17, 15) is 0 Å². The van der Waals surface area contributed by atoms with Crippen molar-refractivity contribution >= 4 is 5.82 Å². The molecule has 0 unspecified atom stereocenters. The highest BCUT2D eigenvalue weighted by Gasteiger charge is 2.13. The van der Waals surface area contributed by atoms with Crippen LogP contribution in [0.15, 0.2) is 24.5 Å². The molecule has 0 saturated carbocycles. The number of aryl methyl sites for hydroxylation is 1. The molecule has 0 fully saturated rings. The number of anilines is 1. The van der Waals surface area contributed by atoms with E-state index in [1.54, 1.807) is 0 Å². The Bertz CT molecular complexity index is 609. The third-order valence-corrected chi connectivity index (χ3v) is 3.27. The lowest BCUT2D eigenvalue weighted by atomic mass is 10.0. The van der Waals surface area contributed by atoms with Gasteiger partial charge in [-0.3, -0.25) is 0 Å². The lowest BCUT2D eigenvalue weighted by Gasteiger charge is -2.15. The van der Waals surface area contributed by atoms with E-state index in [4.69, 9.17) is 4.74 Å². The van der Waals surface area contributed by atoms with Gasteiger partial charge in [0.25, 0.3) is 0 Å². The van der Waals surface area contributed by atoms with Gasteiger partial charge in [-0.2, -0.15) is 0 Å². The van der Waals surface area contributed by atoms with Crippen LogP contribution >= 0.6 is 0 Å². The number of hydrogen-bond donors (Lipinski definition) is 1. The van der Waals surface area contributed by atoms with E-state index in [1.807, 2.05) is 14.0 Å². The van der Waals surface area contributed by atoms with E-state index < -0.39 is 0 Å². The van der Waals surface area contributed by atoms with Gasteiger partial charge in [0.15, 0.2) is 0 Å². The van der Waals surface area contributed by atoms with Crippen molar-refractivity contribution in [1.82, 2.24) is 9.97 Å². The summed E-state index contributed by atoms with van der Waals surface area (Å²) in [5.41, 5.74) is 3.26. The van der Waals surface area contributed by atoms with Crippen LogP contribution in [0.2, 0.25) is 0 Å². The predicted molar refractivity (Wildman–Crippen MR) is 81.7 cm³/mol. The third kappa shape index (κ3) is 2.90. The molecule has 2 rings (SSSR count). The first kappa shape index (κ1) is 14.3. The van der Waals surface area contributed by atoms with E-state index in [-0.39, 0.29) is 0 Å². The Hall–Kier alpha value is -2.10. The van der Waals surface area contributed by atoms with Gasteiger partial charge in [-0.15, -0.1) is 0 Å². The van der Waals surface area contributed by atoms with Gasteiger partial charge < -0.3 is 10.1 Å². The fraction of sp³-hybridized carbons (Fsp3) is 0.375. The molecule has 0 bridgehead atoms. The molecule has 0 aliphatic rings. The summed E-state index contributed by atoms with van der Waals surface area (Å²) in [6.07, 6.45) is 1.51. The summed E-state index contributed by atoms with van der Waals surface area (Å²) < 4.78 is 6.03. The second-order valence-electron chi connectivity index (χ2n) is 5.20. The summed E-state index contributed by atoms with van der Waals surface area (Å²) in [6, 6.07) is 6.27. The maximum atomic E-state index is 6.03. The molecule has 0 saturated heterocycles. The lowest BCUT2D eigenvalue weighted by molar-refractivity contribution is 0.449. The molecule has 2 aromatic rings. The number of nitrogens with zero attached hydrogens (tertiary/aromatic N) is 2. The number of nitrogens with one attached hydrogen (secondary N) is 1.